The summed E-state index contributed by atoms with van der Waals surface area (Å²) in [5.74, 6) is 0.332. The maximum atomic E-state index is 11.9. The third-order valence-corrected chi connectivity index (χ3v) is 3.83. The average Bonchev–Trinajstić information content (AvgIpc) is 2.42. The Bertz CT molecular complexity index is 349. The molecule has 1 heterocycles. The van der Waals surface area contributed by atoms with Gasteiger partial charge in [0.2, 0.25) is 0 Å². The standard InChI is InChI=1S/C17H35N3O3/c1-12(2)15(20-16(21)23-17(4,5)6)10-19-13(3)9-14-11-22-8-7-18-14/h12-15,18-19H,7-11H2,1-6H3,(H,20,21). The molecule has 1 fully saturated rings. The van der Waals surface area contributed by atoms with Crippen LogP contribution in [0.5, 0.6) is 0 Å². The lowest BCUT2D eigenvalue weighted by Gasteiger charge is -2.29. The van der Waals surface area contributed by atoms with Crippen LogP contribution < -0.4 is 16.0 Å². The summed E-state index contributed by atoms with van der Waals surface area (Å²) in [5.41, 5.74) is -0.473. The van der Waals surface area contributed by atoms with E-state index in [4.69, 9.17) is 9.47 Å². The van der Waals surface area contributed by atoms with Crippen LogP contribution in [0.1, 0.15) is 48.0 Å². The Balaban J connectivity index is 2.35. The second kappa shape index (κ2) is 9.45. The van der Waals surface area contributed by atoms with Crippen LogP contribution in [-0.4, -0.2) is 56.1 Å². The number of alkyl carbamates (subject to hydrolysis) is 1. The van der Waals surface area contributed by atoms with Gasteiger partial charge in [0.15, 0.2) is 0 Å². The van der Waals surface area contributed by atoms with Crippen molar-refractivity contribution in [2.75, 3.05) is 26.3 Å². The number of ether oxygens (including phenoxy) is 2. The van der Waals surface area contributed by atoms with Crippen molar-refractivity contribution in [3.05, 3.63) is 0 Å². The molecule has 6 heteroatoms. The van der Waals surface area contributed by atoms with Crippen LogP contribution in [0.2, 0.25) is 0 Å². The molecule has 3 unspecified atom stereocenters. The van der Waals surface area contributed by atoms with Crippen molar-refractivity contribution in [1.82, 2.24) is 16.0 Å². The van der Waals surface area contributed by atoms with E-state index in [9.17, 15) is 4.79 Å². The summed E-state index contributed by atoms with van der Waals surface area (Å²) < 4.78 is 10.8. The van der Waals surface area contributed by atoms with Crippen molar-refractivity contribution in [2.24, 2.45) is 5.92 Å². The fraction of sp³-hybridized carbons (Fsp3) is 0.941. The maximum absolute atomic E-state index is 11.9. The Hall–Kier alpha value is -0.850. The molecule has 0 spiro atoms. The van der Waals surface area contributed by atoms with Crippen molar-refractivity contribution < 1.29 is 14.3 Å². The second-order valence-electron chi connectivity index (χ2n) is 7.77. The molecular weight excluding hydrogens is 294 g/mol. The van der Waals surface area contributed by atoms with E-state index in [1.165, 1.54) is 0 Å². The van der Waals surface area contributed by atoms with Gasteiger partial charge < -0.3 is 25.4 Å². The smallest absolute Gasteiger partial charge is 0.407 e. The Morgan fingerprint density at radius 2 is 2.04 bits per heavy atom. The first-order valence-corrected chi connectivity index (χ1v) is 8.71. The van der Waals surface area contributed by atoms with Crippen LogP contribution in [0.3, 0.4) is 0 Å². The normalized spacial score (nSPS) is 21.8. The van der Waals surface area contributed by atoms with Crippen LogP contribution in [0.4, 0.5) is 4.79 Å². The largest absolute Gasteiger partial charge is 0.444 e. The van der Waals surface area contributed by atoms with Crippen LogP contribution in [0.15, 0.2) is 0 Å². The molecule has 136 valence electrons. The first-order chi connectivity index (χ1) is 10.7. The van der Waals surface area contributed by atoms with E-state index in [1.807, 2.05) is 20.8 Å². The van der Waals surface area contributed by atoms with Gasteiger partial charge in [0.05, 0.1) is 13.2 Å². The lowest BCUT2D eigenvalue weighted by molar-refractivity contribution is 0.0488. The third-order valence-electron chi connectivity index (χ3n) is 3.83. The molecule has 1 aliphatic rings. The number of morpholine rings is 1. The summed E-state index contributed by atoms with van der Waals surface area (Å²) >= 11 is 0. The van der Waals surface area contributed by atoms with Crippen molar-refractivity contribution >= 4 is 6.09 Å². The minimum absolute atomic E-state index is 0.0443. The molecular formula is C17H35N3O3. The molecule has 1 aliphatic heterocycles. The number of carbonyl (C=O) groups excluding carboxylic acids is 1. The number of carbonyl (C=O) groups is 1. The highest BCUT2D eigenvalue weighted by molar-refractivity contribution is 5.68. The first-order valence-electron chi connectivity index (χ1n) is 8.71. The predicted octanol–water partition coefficient (Wildman–Crippen LogP) is 1.89. The van der Waals surface area contributed by atoms with Crippen molar-refractivity contribution in [1.29, 1.82) is 0 Å². The molecule has 1 rings (SSSR count). The highest BCUT2D eigenvalue weighted by atomic mass is 16.6. The Kier molecular flexibility index (Phi) is 8.29. The van der Waals surface area contributed by atoms with Gasteiger partial charge in [0, 0.05) is 31.2 Å². The Labute approximate surface area is 141 Å². The zero-order chi connectivity index (χ0) is 17.5. The first kappa shape index (κ1) is 20.2. The minimum atomic E-state index is -0.473. The molecule has 1 amide bonds. The molecule has 0 aliphatic carbocycles. The Morgan fingerprint density at radius 3 is 2.57 bits per heavy atom. The topological polar surface area (TPSA) is 71.6 Å². The van der Waals surface area contributed by atoms with Gasteiger partial charge in [-0.1, -0.05) is 13.8 Å². The van der Waals surface area contributed by atoms with Gasteiger partial charge in [-0.05, 0) is 40.0 Å². The molecule has 1 saturated heterocycles. The molecule has 0 aromatic rings. The van der Waals surface area contributed by atoms with Gasteiger partial charge in [-0.15, -0.1) is 0 Å². The second-order valence-corrected chi connectivity index (χ2v) is 7.77. The zero-order valence-corrected chi connectivity index (χ0v) is 15.6. The van der Waals surface area contributed by atoms with Gasteiger partial charge in [0.1, 0.15) is 5.60 Å². The number of rotatable bonds is 7. The minimum Gasteiger partial charge on any atom is -0.444 e. The van der Waals surface area contributed by atoms with Crippen LogP contribution in [0, 0.1) is 5.92 Å². The average molecular weight is 329 g/mol. The van der Waals surface area contributed by atoms with Crippen LogP contribution in [0.25, 0.3) is 0 Å². The number of hydrogen-bond acceptors (Lipinski definition) is 5. The SMILES string of the molecule is CC(CC1COCCN1)NCC(NC(=O)OC(C)(C)C)C(C)C. The third kappa shape index (κ3) is 9.13. The predicted molar refractivity (Wildman–Crippen MR) is 92.7 cm³/mol. The maximum Gasteiger partial charge on any atom is 0.407 e. The van der Waals surface area contributed by atoms with Crippen molar-refractivity contribution in [3.63, 3.8) is 0 Å². The molecule has 3 atom stereocenters. The van der Waals surface area contributed by atoms with E-state index < -0.39 is 5.60 Å². The monoisotopic (exact) mass is 329 g/mol. The quantitative estimate of drug-likeness (QED) is 0.665. The summed E-state index contributed by atoms with van der Waals surface area (Å²) in [4.78, 5) is 11.9. The number of nitrogens with one attached hydrogen (secondary N) is 3. The highest BCUT2D eigenvalue weighted by Gasteiger charge is 2.22. The molecule has 0 bridgehead atoms. The molecule has 0 radical (unpaired) electrons. The summed E-state index contributed by atoms with van der Waals surface area (Å²) in [6.07, 6.45) is 0.657. The molecule has 3 N–H and O–H groups in total. The van der Waals surface area contributed by atoms with Gasteiger partial charge in [-0.3, -0.25) is 0 Å². The molecule has 6 nitrogen and oxygen atoms in total. The molecule has 0 aromatic heterocycles. The zero-order valence-electron chi connectivity index (χ0n) is 15.6. The van der Waals surface area contributed by atoms with E-state index in [0.29, 0.717) is 18.0 Å². The lowest BCUT2D eigenvalue weighted by atomic mass is 10.0. The molecule has 0 aromatic carbocycles. The summed E-state index contributed by atoms with van der Waals surface area (Å²) in [7, 11) is 0. The molecule has 0 saturated carbocycles. The number of hydrogen-bond donors (Lipinski definition) is 3. The van der Waals surface area contributed by atoms with Gasteiger partial charge in [-0.2, -0.15) is 0 Å². The summed E-state index contributed by atoms with van der Waals surface area (Å²) in [5, 5.41) is 9.95. The van der Waals surface area contributed by atoms with Crippen molar-refractivity contribution in [2.45, 2.75) is 71.7 Å². The lowest BCUT2D eigenvalue weighted by Crippen LogP contribution is -2.50. The van der Waals surface area contributed by atoms with E-state index in [-0.39, 0.29) is 12.1 Å². The van der Waals surface area contributed by atoms with Gasteiger partial charge >= 0.3 is 6.09 Å². The van der Waals surface area contributed by atoms with Gasteiger partial charge in [-0.25, -0.2) is 4.79 Å². The highest BCUT2D eigenvalue weighted by Crippen LogP contribution is 2.09. The summed E-state index contributed by atoms with van der Waals surface area (Å²) in [6.45, 7) is 15.2. The van der Waals surface area contributed by atoms with Crippen molar-refractivity contribution in [3.8, 4) is 0 Å². The van der Waals surface area contributed by atoms with Crippen LogP contribution in [-0.2, 0) is 9.47 Å². The summed E-state index contributed by atoms with van der Waals surface area (Å²) in [6, 6.07) is 0.807. The Morgan fingerprint density at radius 1 is 1.35 bits per heavy atom. The fourth-order valence-electron chi connectivity index (χ4n) is 2.52. The molecule has 23 heavy (non-hydrogen) atoms. The van der Waals surface area contributed by atoms with E-state index in [0.717, 1.165) is 32.7 Å². The van der Waals surface area contributed by atoms with E-state index >= 15 is 0 Å². The van der Waals surface area contributed by atoms with E-state index in [1.54, 1.807) is 0 Å². The van der Waals surface area contributed by atoms with E-state index in [2.05, 4.69) is 36.7 Å². The number of amides is 1. The van der Waals surface area contributed by atoms with Crippen LogP contribution >= 0.6 is 0 Å². The fourth-order valence-corrected chi connectivity index (χ4v) is 2.52. The van der Waals surface area contributed by atoms with Gasteiger partial charge in [0.25, 0.3) is 0 Å².